The number of para-hydroxylation sites is 1. The van der Waals surface area contributed by atoms with E-state index < -0.39 is 0 Å². The van der Waals surface area contributed by atoms with Gasteiger partial charge in [0.2, 0.25) is 0 Å². The molecule has 106 valence electrons. The summed E-state index contributed by atoms with van der Waals surface area (Å²) in [4.78, 5) is 2.36. The van der Waals surface area contributed by atoms with Crippen LogP contribution >= 0.6 is 0 Å². The number of anilines is 1. The van der Waals surface area contributed by atoms with Crippen molar-refractivity contribution in [2.75, 3.05) is 11.4 Å². The average molecular weight is 268 g/mol. The SMILES string of the molecule is CC(C)[C@H](N)CN(Cc1ccccc1)c1ccccc1. The van der Waals surface area contributed by atoms with Crippen molar-refractivity contribution in [2.24, 2.45) is 11.7 Å². The Morgan fingerprint density at radius 2 is 1.45 bits per heavy atom. The third kappa shape index (κ3) is 4.10. The first-order valence-corrected chi connectivity index (χ1v) is 7.26. The normalized spacial score (nSPS) is 12.4. The Hall–Kier alpha value is -1.80. The van der Waals surface area contributed by atoms with E-state index in [9.17, 15) is 0 Å². The topological polar surface area (TPSA) is 29.3 Å². The summed E-state index contributed by atoms with van der Waals surface area (Å²) in [5.74, 6) is 0.483. The van der Waals surface area contributed by atoms with Gasteiger partial charge in [-0.25, -0.2) is 0 Å². The van der Waals surface area contributed by atoms with Gasteiger partial charge < -0.3 is 10.6 Å². The monoisotopic (exact) mass is 268 g/mol. The number of hydrogen-bond donors (Lipinski definition) is 1. The minimum Gasteiger partial charge on any atom is -0.366 e. The molecule has 0 aromatic heterocycles. The Morgan fingerprint density at radius 1 is 0.900 bits per heavy atom. The van der Waals surface area contributed by atoms with Gasteiger partial charge in [0.15, 0.2) is 0 Å². The minimum absolute atomic E-state index is 0.180. The van der Waals surface area contributed by atoms with Gasteiger partial charge in [-0.3, -0.25) is 0 Å². The minimum atomic E-state index is 0.180. The highest BCUT2D eigenvalue weighted by Gasteiger charge is 2.14. The number of benzene rings is 2. The summed E-state index contributed by atoms with van der Waals surface area (Å²) in [6.07, 6.45) is 0. The fraction of sp³-hybridized carbons (Fsp3) is 0.333. The molecule has 0 aliphatic carbocycles. The third-order valence-electron chi connectivity index (χ3n) is 3.63. The van der Waals surface area contributed by atoms with Crippen molar-refractivity contribution in [1.29, 1.82) is 0 Å². The van der Waals surface area contributed by atoms with Crippen molar-refractivity contribution in [2.45, 2.75) is 26.4 Å². The largest absolute Gasteiger partial charge is 0.366 e. The van der Waals surface area contributed by atoms with Crippen LogP contribution < -0.4 is 10.6 Å². The zero-order chi connectivity index (χ0) is 14.4. The molecule has 20 heavy (non-hydrogen) atoms. The summed E-state index contributed by atoms with van der Waals surface area (Å²) >= 11 is 0. The van der Waals surface area contributed by atoms with Crippen LogP contribution in [0.3, 0.4) is 0 Å². The van der Waals surface area contributed by atoms with Crippen molar-refractivity contribution < 1.29 is 0 Å². The van der Waals surface area contributed by atoms with Crippen LogP contribution in [0, 0.1) is 5.92 Å². The summed E-state index contributed by atoms with van der Waals surface area (Å²) < 4.78 is 0. The van der Waals surface area contributed by atoms with Crippen molar-refractivity contribution in [3.63, 3.8) is 0 Å². The highest BCUT2D eigenvalue weighted by atomic mass is 15.1. The first kappa shape index (κ1) is 14.6. The van der Waals surface area contributed by atoms with Crippen LogP contribution in [0.5, 0.6) is 0 Å². The molecule has 0 bridgehead atoms. The molecule has 2 rings (SSSR count). The Balaban J connectivity index is 2.16. The second kappa shape index (κ2) is 7.11. The zero-order valence-electron chi connectivity index (χ0n) is 12.4. The maximum Gasteiger partial charge on any atom is 0.0430 e. The molecular formula is C18H24N2. The Morgan fingerprint density at radius 3 is 2.00 bits per heavy atom. The predicted molar refractivity (Wildman–Crippen MR) is 86.7 cm³/mol. The van der Waals surface area contributed by atoms with Crippen LogP contribution in [0.4, 0.5) is 5.69 Å². The van der Waals surface area contributed by atoms with Crippen LogP contribution in [-0.2, 0) is 6.54 Å². The molecule has 2 N–H and O–H groups in total. The maximum atomic E-state index is 6.27. The average Bonchev–Trinajstić information content (AvgIpc) is 2.48. The van der Waals surface area contributed by atoms with E-state index >= 15 is 0 Å². The highest BCUT2D eigenvalue weighted by Crippen LogP contribution is 2.18. The van der Waals surface area contributed by atoms with Gasteiger partial charge in [0, 0.05) is 24.8 Å². The Kier molecular flexibility index (Phi) is 5.19. The summed E-state index contributed by atoms with van der Waals surface area (Å²) in [5.41, 5.74) is 8.81. The summed E-state index contributed by atoms with van der Waals surface area (Å²) in [5, 5.41) is 0. The molecule has 0 aliphatic heterocycles. The zero-order valence-corrected chi connectivity index (χ0v) is 12.4. The van der Waals surface area contributed by atoms with Gasteiger partial charge in [-0.1, -0.05) is 62.4 Å². The quantitative estimate of drug-likeness (QED) is 0.866. The molecule has 0 amide bonds. The van der Waals surface area contributed by atoms with E-state index in [0.29, 0.717) is 5.92 Å². The van der Waals surface area contributed by atoms with E-state index in [1.165, 1.54) is 11.3 Å². The van der Waals surface area contributed by atoms with E-state index in [0.717, 1.165) is 13.1 Å². The number of hydrogen-bond acceptors (Lipinski definition) is 2. The smallest absolute Gasteiger partial charge is 0.0430 e. The molecule has 0 unspecified atom stereocenters. The second-order valence-electron chi connectivity index (χ2n) is 5.61. The number of nitrogens with zero attached hydrogens (tertiary/aromatic N) is 1. The molecule has 0 heterocycles. The molecule has 0 spiro atoms. The lowest BCUT2D eigenvalue weighted by atomic mass is 10.0. The fourth-order valence-electron chi connectivity index (χ4n) is 2.17. The lowest BCUT2D eigenvalue weighted by Crippen LogP contribution is -2.40. The van der Waals surface area contributed by atoms with Crippen molar-refractivity contribution in [3.05, 3.63) is 66.2 Å². The number of nitrogens with two attached hydrogens (primary N) is 1. The highest BCUT2D eigenvalue weighted by molar-refractivity contribution is 5.46. The van der Waals surface area contributed by atoms with Crippen molar-refractivity contribution >= 4 is 5.69 Å². The van der Waals surface area contributed by atoms with E-state index in [4.69, 9.17) is 5.73 Å². The Labute approximate surface area is 122 Å². The van der Waals surface area contributed by atoms with E-state index in [2.05, 4.69) is 73.3 Å². The lowest BCUT2D eigenvalue weighted by molar-refractivity contribution is 0.484. The lowest BCUT2D eigenvalue weighted by Gasteiger charge is -2.29. The number of rotatable bonds is 6. The predicted octanol–water partition coefficient (Wildman–Crippen LogP) is 3.68. The van der Waals surface area contributed by atoms with Crippen molar-refractivity contribution in [1.82, 2.24) is 0 Å². The summed E-state index contributed by atoms with van der Waals surface area (Å²) in [6.45, 7) is 6.12. The van der Waals surface area contributed by atoms with Crippen LogP contribution in [0.25, 0.3) is 0 Å². The first-order valence-electron chi connectivity index (χ1n) is 7.26. The molecule has 1 atom stereocenters. The Bertz CT molecular complexity index is 493. The first-order chi connectivity index (χ1) is 9.66. The van der Waals surface area contributed by atoms with Crippen LogP contribution in [0.15, 0.2) is 60.7 Å². The molecule has 0 saturated heterocycles. The summed E-state index contributed by atoms with van der Waals surface area (Å²) in [7, 11) is 0. The van der Waals surface area contributed by atoms with Crippen molar-refractivity contribution in [3.8, 4) is 0 Å². The molecule has 2 aromatic rings. The fourth-order valence-corrected chi connectivity index (χ4v) is 2.17. The standard InChI is InChI=1S/C18H24N2/c1-15(2)18(19)14-20(17-11-7-4-8-12-17)13-16-9-5-3-6-10-16/h3-12,15,18H,13-14,19H2,1-2H3/t18-/m1/s1. The van der Waals surface area contributed by atoms with E-state index in [1.807, 2.05) is 6.07 Å². The molecule has 0 radical (unpaired) electrons. The molecule has 2 aromatic carbocycles. The van der Waals surface area contributed by atoms with Gasteiger partial charge in [-0.15, -0.1) is 0 Å². The molecule has 0 aliphatic rings. The second-order valence-corrected chi connectivity index (χ2v) is 5.61. The molecule has 0 fully saturated rings. The van der Waals surface area contributed by atoms with Gasteiger partial charge in [0.25, 0.3) is 0 Å². The van der Waals surface area contributed by atoms with Gasteiger partial charge in [-0.2, -0.15) is 0 Å². The van der Waals surface area contributed by atoms with E-state index in [1.54, 1.807) is 0 Å². The van der Waals surface area contributed by atoms with Gasteiger partial charge >= 0.3 is 0 Å². The molecule has 2 heteroatoms. The van der Waals surface area contributed by atoms with Gasteiger partial charge in [-0.05, 0) is 23.6 Å². The molecular weight excluding hydrogens is 244 g/mol. The van der Waals surface area contributed by atoms with Crippen LogP contribution in [0.1, 0.15) is 19.4 Å². The summed E-state index contributed by atoms with van der Waals surface area (Å²) in [6, 6.07) is 21.2. The molecule has 0 saturated carbocycles. The molecule has 2 nitrogen and oxygen atoms in total. The maximum absolute atomic E-state index is 6.27. The van der Waals surface area contributed by atoms with Crippen LogP contribution in [0.2, 0.25) is 0 Å². The van der Waals surface area contributed by atoms with Gasteiger partial charge in [0.1, 0.15) is 0 Å². The van der Waals surface area contributed by atoms with Gasteiger partial charge in [0.05, 0.1) is 0 Å². The third-order valence-corrected chi connectivity index (χ3v) is 3.63. The van der Waals surface area contributed by atoms with E-state index in [-0.39, 0.29) is 6.04 Å². The van der Waals surface area contributed by atoms with Crippen LogP contribution in [-0.4, -0.2) is 12.6 Å².